The van der Waals surface area contributed by atoms with Gasteiger partial charge in [0.15, 0.2) is 5.96 Å². The minimum atomic E-state index is 0.0811. The molecule has 0 aliphatic carbocycles. The molecule has 1 aromatic heterocycles. The number of fused-ring (bicyclic) bond motifs is 1. The molecule has 1 heterocycles. The van der Waals surface area contributed by atoms with Crippen molar-refractivity contribution in [3.8, 4) is 0 Å². The monoisotopic (exact) mass is 316 g/mol. The molecule has 2 rings (SSSR count). The van der Waals surface area contributed by atoms with Crippen molar-refractivity contribution < 1.29 is 4.74 Å². The number of ether oxygens (including phenoxy) is 1. The maximum atomic E-state index is 5.56. The third-order valence-corrected chi connectivity index (χ3v) is 3.96. The lowest BCUT2D eigenvalue weighted by Gasteiger charge is -2.30. The predicted molar refractivity (Wildman–Crippen MR) is 96.8 cm³/mol. The molecular formula is C18H28N4O. The Morgan fingerprint density at radius 2 is 2.00 bits per heavy atom. The summed E-state index contributed by atoms with van der Waals surface area (Å²) >= 11 is 0. The molecule has 0 aliphatic heterocycles. The van der Waals surface area contributed by atoms with E-state index in [2.05, 4.69) is 59.6 Å². The van der Waals surface area contributed by atoms with Gasteiger partial charge in [-0.3, -0.25) is 4.99 Å². The molecule has 5 heteroatoms. The van der Waals surface area contributed by atoms with E-state index in [1.54, 1.807) is 14.2 Å². The number of H-pyrrole nitrogens is 1. The number of aromatic nitrogens is 1. The van der Waals surface area contributed by atoms with Crippen LogP contribution >= 0.6 is 0 Å². The average Bonchev–Trinajstić information content (AvgIpc) is 2.92. The van der Waals surface area contributed by atoms with Crippen LogP contribution in [0.25, 0.3) is 10.9 Å². The van der Waals surface area contributed by atoms with E-state index >= 15 is 0 Å². The van der Waals surface area contributed by atoms with Gasteiger partial charge in [0.1, 0.15) is 0 Å². The molecular weight excluding hydrogens is 288 g/mol. The SMILES string of the molecule is CN=C(NCc1cc2ccccc2[nH]1)NCC(OC)C(C)(C)C. The minimum absolute atomic E-state index is 0.0811. The number of guanidine groups is 1. The van der Waals surface area contributed by atoms with E-state index in [1.165, 1.54) is 5.39 Å². The van der Waals surface area contributed by atoms with E-state index in [1.807, 2.05) is 12.1 Å². The summed E-state index contributed by atoms with van der Waals surface area (Å²) in [6, 6.07) is 10.4. The number of para-hydroxylation sites is 1. The summed E-state index contributed by atoms with van der Waals surface area (Å²) < 4.78 is 5.56. The third kappa shape index (κ3) is 4.73. The third-order valence-electron chi connectivity index (χ3n) is 3.96. The predicted octanol–water partition coefficient (Wildman–Crippen LogP) is 2.89. The molecule has 1 aromatic carbocycles. The van der Waals surface area contributed by atoms with Crippen LogP contribution in [0, 0.1) is 5.41 Å². The van der Waals surface area contributed by atoms with Crippen LogP contribution in [0.1, 0.15) is 26.5 Å². The summed E-state index contributed by atoms with van der Waals surface area (Å²) in [5.41, 5.74) is 2.37. The zero-order chi connectivity index (χ0) is 16.9. The van der Waals surface area contributed by atoms with Gasteiger partial charge in [0.05, 0.1) is 12.6 Å². The van der Waals surface area contributed by atoms with Crippen LogP contribution in [0.15, 0.2) is 35.3 Å². The molecule has 23 heavy (non-hydrogen) atoms. The van der Waals surface area contributed by atoms with Crippen molar-refractivity contribution in [1.29, 1.82) is 0 Å². The Bertz CT molecular complexity index is 621. The van der Waals surface area contributed by atoms with Crippen molar-refractivity contribution in [2.24, 2.45) is 10.4 Å². The van der Waals surface area contributed by atoms with Gasteiger partial charge in [-0.25, -0.2) is 0 Å². The van der Waals surface area contributed by atoms with E-state index in [9.17, 15) is 0 Å². The van der Waals surface area contributed by atoms with E-state index < -0.39 is 0 Å². The highest BCUT2D eigenvalue weighted by atomic mass is 16.5. The molecule has 0 aliphatic rings. The summed E-state index contributed by atoms with van der Waals surface area (Å²) in [6.45, 7) is 7.92. The molecule has 2 aromatic rings. The second kappa shape index (κ2) is 7.51. The first-order chi connectivity index (χ1) is 10.9. The molecule has 0 saturated heterocycles. The normalized spacial score (nSPS) is 14.0. The Morgan fingerprint density at radius 1 is 1.26 bits per heavy atom. The summed E-state index contributed by atoms with van der Waals surface area (Å²) in [5.74, 6) is 0.773. The van der Waals surface area contributed by atoms with Crippen LogP contribution in [0.4, 0.5) is 0 Å². The number of rotatable bonds is 5. The van der Waals surface area contributed by atoms with E-state index in [-0.39, 0.29) is 11.5 Å². The lowest BCUT2D eigenvalue weighted by molar-refractivity contribution is 0.0205. The molecule has 0 radical (unpaired) electrons. The largest absolute Gasteiger partial charge is 0.379 e. The zero-order valence-corrected chi connectivity index (χ0v) is 14.7. The van der Waals surface area contributed by atoms with E-state index in [0.717, 1.165) is 17.2 Å². The van der Waals surface area contributed by atoms with Crippen LogP contribution in [-0.2, 0) is 11.3 Å². The summed E-state index contributed by atoms with van der Waals surface area (Å²) in [6.07, 6.45) is 0.120. The van der Waals surface area contributed by atoms with E-state index in [4.69, 9.17) is 4.74 Å². The van der Waals surface area contributed by atoms with Gasteiger partial charge in [-0.05, 0) is 22.9 Å². The molecule has 5 nitrogen and oxygen atoms in total. The number of nitrogens with one attached hydrogen (secondary N) is 3. The Kier molecular flexibility index (Phi) is 5.66. The number of benzene rings is 1. The van der Waals surface area contributed by atoms with Crippen LogP contribution in [0.5, 0.6) is 0 Å². The van der Waals surface area contributed by atoms with Crippen molar-refractivity contribution in [3.63, 3.8) is 0 Å². The number of aromatic amines is 1. The van der Waals surface area contributed by atoms with Gasteiger partial charge in [-0.1, -0.05) is 39.0 Å². The van der Waals surface area contributed by atoms with Crippen molar-refractivity contribution in [2.75, 3.05) is 20.7 Å². The van der Waals surface area contributed by atoms with Gasteiger partial charge < -0.3 is 20.4 Å². The first-order valence-corrected chi connectivity index (χ1v) is 7.98. The Labute approximate surface area is 138 Å². The van der Waals surface area contributed by atoms with Crippen molar-refractivity contribution in [2.45, 2.75) is 33.4 Å². The maximum absolute atomic E-state index is 5.56. The first-order valence-electron chi connectivity index (χ1n) is 7.98. The maximum Gasteiger partial charge on any atom is 0.191 e. The smallest absolute Gasteiger partial charge is 0.191 e. The topological polar surface area (TPSA) is 61.4 Å². The molecule has 1 unspecified atom stereocenters. The number of aliphatic imine (C=N–C) groups is 1. The second-order valence-corrected chi connectivity index (χ2v) is 6.78. The Morgan fingerprint density at radius 3 is 2.61 bits per heavy atom. The van der Waals surface area contributed by atoms with Crippen molar-refractivity contribution in [3.05, 3.63) is 36.0 Å². The molecule has 0 bridgehead atoms. The van der Waals surface area contributed by atoms with Crippen LogP contribution in [0.3, 0.4) is 0 Å². The highest BCUT2D eigenvalue weighted by Gasteiger charge is 2.24. The second-order valence-electron chi connectivity index (χ2n) is 6.78. The summed E-state index contributed by atoms with van der Waals surface area (Å²) in [7, 11) is 3.53. The van der Waals surface area contributed by atoms with Gasteiger partial charge >= 0.3 is 0 Å². The average molecular weight is 316 g/mol. The highest BCUT2D eigenvalue weighted by Crippen LogP contribution is 2.20. The molecule has 0 fully saturated rings. The molecule has 0 saturated carbocycles. The molecule has 1 atom stereocenters. The van der Waals surface area contributed by atoms with Crippen LogP contribution in [-0.4, -0.2) is 37.7 Å². The molecule has 126 valence electrons. The van der Waals surface area contributed by atoms with Gasteiger partial charge in [0, 0.05) is 31.9 Å². The van der Waals surface area contributed by atoms with Gasteiger partial charge in [0.25, 0.3) is 0 Å². The summed E-state index contributed by atoms with van der Waals surface area (Å²) in [4.78, 5) is 7.68. The Balaban J connectivity index is 1.90. The molecule has 0 amide bonds. The molecule has 0 spiro atoms. The fourth-order valence-electron chi connectivity index (χ4n) is 2.56. The number of hydrogen-bond acceptors (Lipinski definition) is 2. The number of methoxy groups -OCH3 is 1. The lowest BCUT2D eigenvalue weighted by atomic mass is 9.89. The quantitative estimate of drug-likeness (QED) is 0.587. The van der Waals surface area contributed by atoms with Gasteiger partial charge in [-0.15, -0.1) is 0 Å². The standard InChI is InChI=1S/C18H28N4O/c1-18(2,3)16(23-5)12-21-17(19-4)20-11-14-10-13-8-6-7-9-15(13)22-14/h6-10,16,22H,11-12H2,1-5H3,(H2,19,20,21). The Hall–Kier alpha value is -2.01. The van der Waals surface area contributed by atoms with Gasteiger partial charge in [-0.2, -0.15) is 0 Å². The fourth-order valence-corrected chi connectivity index (χ4v) is 2.56. The number of hydrogen-bond donors (Lipinski definition) is 3. The van der Waals surface area contributed by atoms with Gasteiger partial charge in [0.2, 0.25) is 0 Å². The van der Waals surface area contributed by atoms with Crippen molar-refractivity contribution >= 4 is 16.9 Å². The van der Waals surface area contributed by atoms with Crippen LogP contribution in [0.2, 0.25) is 0 Å². The minimum Gasteiger partial charge on any atom is -0.379 e. The zero-order valence-electron chi connectivity index (χ0n) is 14.7. The number of nitrogens with zero attached hydrogens (tertiary/aromatic N) is 1. The lowest BCUT2D eigenvalue weighted by Crippen LogP contribution is -2.45. The van der Waals surface area contributed by atoms with Crippen LogP contribution < -0.4 is 10.6 Å². The highest BCUT2D eigenvalue weighted by molar-refractivity contribution is 5.81. The fraction of sp³-hybridized carbons (Fsp3) is 0.500. The van der Waals surface area contributed by atoms with E-state index in [0.29, 0.717) is 13.1 Å². The summed E-state index contributed by atoms with van der Waals surface area (Å²) in [5, 5.41) is 7.88. The van der Waals surface area contributed by atoms with Crippen molar-refractivity contribution in [1.82, 2.24) is 15.6 Å². The first kappa shape index (κ1) is 17.3. The molecule has 3 N–H and O–H groups in total.